The average molecular weight is 264 g/mol. The molecule has 1 aliphatic rings. The van der Waals surface area contributed by atoms with Crippen LogP contribution in [0.1, 0.15) is 56.1 Å². The molecule has 2 heterocycles. The van der Waals surface area contributed by atoms with E-state index < -0.39 is 0 Å². The highest BCUT2D eigenvalue weighted by Gasteiger charge is 2.31. The number of hydrogen-bond acceptors (Lipinski definition) is 3. The highest BCUT2D eigenvalue weighted by molar-refractivity contribution is 5.28. The zero-order chi connectivity index (χ0) is 14.2. The Morgan fingerprint density at radius 3 is 2.47 bits per heavy atom. The fraction of sp³-hybridized carbons (Fsp3) is 0.800. The van der Waals surface area contributed by atoms with Gasteiger partial charge in [-0.3, -0.25) is 9.58 Å². The average Bonchev–Trinajstić information content (AvgIpc) is 2.62. The van der Waals surface area contributed by atoms with Crippen molar-refractivity contribution >= 4 is 0 Å². The lowest BCUT2D eigenvalue weighted by atomic mass is 9.93. The van der Waals surface area contributed by atoms with Crippen molar-refractivity contribution in [2.75, 3.05) is 6.54 Å². The van der Waals surface area contributed by atoms with Gasteiger partial charge >= 0.3 is 0 Å². The summed E-state index contributed by atoms with van der Waals surface area (Å²) >= 11 is 0. The van der Waals surface area contributed by atoms with Gasteiger partial charge in [0, 0.05) is 36.4 Å². The molecule has 2 rings (SSSR count). The van der Waals surface area contributed by atoms with E-state index in [0.29, 0.717) is 12.1 Å². The van der Waals surface area contributed by atoms with Crippen molar-refractivity contribution in [2.24, 2.45) is 12.8 Å². The molecule has 4 heteroatoms. The second kappa shape index (κ2) is 5.63. The maximum Gasteiger partial charge on any atom is 0.0644 e. The van der Waals surface area contributed by atoms with E-state index in [2.05, 4.69) is 37.7 Å². The predicted molar refractivity (Wildman–Crippen MR) is 79.1 cm³/mol. The third-order valence-corrected chi connectivity index (χ3v) is 4.68. The van der Waals surface area contributed by atoms with Crippen LogP contribution in [0.5, 0.6) is 0 Å². The molecule has 0 aromatic carbocycles. The third kappa shape index (κ3) is 2.70. The summed E-state index contributed by atoms with van der Waals surface area (Å²) in [5.41, 5.74) is 10.0. The fourth-order valence-corrected chi connectivity index (χ4v) is 3.59. The molecule has 3 unspecified atom stereocenters. The molecule has 0 spiro atoms. The Morgan fingerprint density at radius 2 is 1.95 bits per heavy atom. The van der Waals surface area contributed by atoms with Crippen molar-refractivity contribution in [2.45, 2.75) is 65.1 Å². The van der Waals surface area contributed by atoms with Crippen molar-refractivity contribution < 1.29 is 0 Å². The van der Waals surface area contributed by atoms with E-state index in [1.165, 1.54) is 30.5 Å². The molecule has 0 radical (unpaired) electrons. The van der Waals surface area contributed by atoms with E-state index in [4.69, 9.17) is 5.73 Å². The molecule has 4 nitrogen and oxygen atoms in total. The molecule has 0 amide bonds. The zero-order valence-corrected chi connectivity index (χ0v) is 13.0. The molecule has 19 heavy (non-hydrogen) atoms. The highest BCUT2D eigenvalue weighted by Crippen LogP contribution is 2.32. The summed E-state index contributed by atoms with van der Waals surface area (Å²) in [6.07, 6.45) is 3.81. The van der Waals surface area contributed by atoms with Gasteiger partial charge in [-0.15, -0.1) is 0 Å². The van der Waals surface area contributed by atoms with E-state index in [-0.39, 0.29) is 6.04 Å². The van der Waals surface area contributed by atoms with Crippen molar-refractivity contribution in [1.82, 2.24) is 14.7 Å². The summed E-state index contributed by atoms with van der Waals surface area (Å²) in [6, 6.07) is 1.15. The van der Waals surface area contributed by atoms with Crippen LogP contribution in [0.3, 0.4) is 0 Å². The van der Waals surface area contributed by atoms with Crippen LogP contribution < -0.4 is 5.73 Å². The van der Waals surface area contributed by atoms with E-state index in [1.807, 2.05) is 11.7 Å². The second-order valence-corrected chi connectivity index (χ2v) is 6.04. The number of nitrogens with zero attached hydrogens (tertiary/aromatic N) is 3. The molecule has 1 aliphatic heterocycles. The highest BCUT2D eigenvalue weighted by atomic mass is 15.3. The van der Waals surface area contributed by atoms with Gasteiger partial charge in [-0.25, -0.2) is 0 Å². The second-order valence-electron chi connectivity index (χ2n) is 6.04. The SMILES string of the molecule is Cc1nn(C)c(C)c1C(C)N1CCCCC1C(C)N. The Hall–Kier alpha value is -0.870. The lowest BCUT2D eigenvalue weighted by Crippen LogP contribution is -2.50. The quantitative estimate of drug-likeness (QED) is 0.911. The molecule has 1 aromatic rings. The molecule has 0 bridgehead atoms. The number of rotatable bonds is 3. The van der Waals surface area contributed by atoms with Gasteiger partial charge in [0.25, 0.3) is 0 Å². The van der Waals surface area contributed by atoms with Crippen LogP contribution in [-0.2, 0) is 7.05 Å². The molecule has 1 fully saturated rings. The first-order valence-corrected chi connectivity index (χ1v) is 7.45. The molecule has 2 N–H and O–H groups in total. The van der Waals surface area contributed by atoms with Gasteiger partial charge in [0.1, 0.15) is 0 Å². The maximum atomic E-state index is 6.19. The minimum Gasteiger partial charge on any atom is -0.327 e. The lowest BCUT2D eigenvalue weighted by Gasteiger charge is -2.42. The van der Waals surface area contributed by atoms with Crippen LogP contribution in [0.15, 0.2) is 0 Å². The van der Waals surface area contributed by atoms with Crippen LogP contribution in [-0.4, -0.2) is 33.3 Å². The Morgan fingerprint density at radius 1 is 1.26 bits per heavy atom. The largest absolute Gasteiger partial charge is 0.327 e. The summed E-state index contributed by atoms with van der Waals surface area (Å²) < 4.78 is 1.99. The monoisotopic (exact) mass is 264 g/mol. The Kier molecular flexibility index (Phi) is 4.31. The Labute approximate surface area is 117 Å². The summed E-state index contributed by atoms with van der Waals surface area (Å²) in [4.78, 5) is 2.59. The van der Waals surface area contributed by atoms with Crippen LogP contribution in [0.4, 0.5) is 0 Å². The van der Waals surface area contributed by atoms with Crippen LogP contribution >= 0.6 is 0 Å². The first-order valence-electron chi connectivity index (χ1n) is 7.45. The van der Waals surface area contributed by atoms with Gasteiger partial charge < -0.3 is 5.73 Å². The van der Waals surface area contributed by atoms with Gasteiger partial charge in [0.2, 0.25) is 0 Å². The molecule has 108 valence electrons. The molecule has 1 saturated heterocycles. The molecule has 3 atom stereocenters. The van der Waals surface area contributed by atoms with Gasteiger partial charge in [0.15, 0.2) is 0 Å². The van der Waals surface area contributed by atoms with Crippen molar-refractivity contribution in [3.8, 4) is 0 Å². The minimum absolute atomic E-state index is 0.236. The summed E-state index contributed by atoms with van der Waals surface area (Å²) in [5.74, 6) is 0. The summed E-state index contributed by atoms with van der Waals surface area (Å²) in [7, 11) is 2.03. The maximum absolute atomic E-state index is 6.19. The van der Waals surface area contributed by atoms with Crippen LogP contribution in [0.2, 0.25) is 0 Å². The molecular weight excluding hydrogens is 236 g/mol. The fourth-order valence-electron chi connectivity index (χ4n) is 3.59. The van der Waals surface area contributed by atoms with Gasteiger partial charge in [-0.05, 0) is 47.1 Å². The van der Waals surface area contributed by atoms with Crippen molar-refractivity contribution in [3.63, 3.8) is 0 Å². The van der Waals surface area contributed by atoms with Crippen LogP contribution in [0.25, 0.3) is 0 Å². The first-order chi connectivity index (χ1) is 8.93. The Bertz CT molecular complexity index is 436. The number of piperidine rings is 1. The number of nitrogens with two attached hydrogens (primary N) is 1. The van der Waals surface area contributed by atoms with Crippen LogP contribution in [0, 0.1) is 13.8 Å². The first kappa shape index (κ1) is 14.5. The standard InChI is InChI=1S/C15H28N4/c1-10(16)14-8-6-7-9-19(14)13(4)15-11(2)17-18(5)12(15)3/h10,13-14H,6-9,16H2,1-5H3. The smallest absolute Gasteiger partial charge is 0.0644 e. The predicted octanol–water partition coefficient (Wildman–Crippen LogP) is 2.30. The van der Waals surface area contributed by atoms with Gasteiger partial charge in [-0.1, -0.05) is 6.42 Å². The number of aryl methyl sites for hydroxylation is 2. The molecular formula is C15H28N4. The van der Waals surface area contributed by atoms with Gasteiger partial charge in [0.05, 0.1) is 5.69 Å². The summed E-state index contributed by atoms with van der Waals surface area (Å²) in [5, 5.41) is 4.56. The molecule has 0 aliphatic carbocycles. The van der Waals surface area contributed by atoms with Crippen molar-refractivity contribution in [3.05, 3.63) is 17.0 Å². The Balaban J connectivity index is 2.28. The summed E-state index contributed by atoms with van der Waals surface area (Å²) in [6.45, 7) is 9.87. The van der Waals surface area contributed by atoms with E-state index in [1.54, 1.807) is 0 Å². The molecule has 1 aromatic heterocycles. The van der Waals surface area contributed by atoms with Crippen molar-refractivity contribution in [1.29, 1.82) is 0 Å². The van der Waals surface area contributed by atoms with E-state index in [0.717, 1.165) is 12.2 Å². The minimum atomic E-state index is 0.236. The topological polar surface area (TPSA) is 47.1 Å². The third-order valence-electron chi connectivity index (χ3n) is 4.68. The van der Waals surface area contributed by atoms with E-state index in [9.17, 15) is 0 Å². The number of likely N-dealkylation sites (tertiary alicyclic amines) is 1. The molecule has 0 saturated carbocycles. The number of aromatic nitrogens is 2. The number of hydrogen-bond donors (Lipinski definition) is 1. The van der Waals surface area contributed by atoms with E-state index >= 15 is 0 Å². The lowest BCUT2D eigenvalue weighted by molar-refractivity contribution is 0.0884. The van der Waals surface area contributed by atoms with Gasteiger partial charge in [-0.2, -0.15) is 5.10 Å². The normalized spacial score (nSPS) is 24.4. The zero-order valence-electron chi connectivity index (χ0n) is 13.0.